The molecular formula is C19H27IN8. The third-order valence-electron chi connectivity index (χ3n) is 4.33. The van der Waals surface area contributed by atoms with Gasteiger partial charge >= 0.3 is 0 Å². The molecule has 0 aliphatic heterocycles. The minimum atomic E-state index is 0. The molecule has 3 rings (SSSR count). The number of para-hydroxylation sites is 1. The van der Waals surface area contributed by atoms with Crippen molar-refractivity contribution in [3.63, 3.8) is 0 Å². The standard InChI is InChI=1S/C19H26N8.HI/c1-5-20-19(21-12-18-24-23-15(2)26(18)4)25(3)13-16-11-22-27(14-16)17-9-7-6-8-10-17;/h6-11,14H,5,12-13H2,1-4H3,(H,20,21);1H. The lowest BCUT2D eigenvalue weighted by Gasteiger charge is -2.21. The second-order valence-electron chi connectivity index (χ2n) is 6.38. The van der Waals surface area contributed by atoms with Gasteiger partial charge in [0.05, 0.1) is 11.9 Å². The van der Waals surface area contributed by atoms with Crippen LogP contribution in [0.4, 0.5) is 0 Å². The Morgan fingerprint density at radius 3 is 2.61 bits per heavy atom. The van der Waals surface area contributed by atoms with Crippen LogP contribution in [-0.2, 0) is 20.1 Å². The van der Waals surface area contributed by atoms with Gasteiger partial charge in [-0.25, -0.2) is 9.67 Å². The van der Waals surface area contributed by atoms with Gasteiger partial charge in [0.25, 0.3) is 0 Å². The minimum absolute atomic E-state index is 0. The Morgan fingerprint density at radius 1 is 1.21 bits per heavy atom. The Bertz CT molecular complexity index is 900. The molecular weight excluding hydrogens is 467 g/mol. The van der Waals surface area contributed by atoms with Gasteiger partial charge in [0.1, 0.15) is 12.4 Å². The van der Waals surface area contributed by atoms with Crippen LogP contribution in [-0.4, -0.2) is 49.0 Å². The van der Waals surface area contributed by atoms with Crippen molar-refractivity contribution in [3.8, 4) is 5.69 Å². The molecule has 9 heteroatoms. The van der Waals surface area contributed by atoms with Crippen LogP contribution in [0.15, 0.2) is 47.7 Å². The van der Waals surface area contributed by atoms with Crippen LogP contribution in [0.5, 0.6) is 0 Å². The first-order valence-electron chi connectivity index (χ1n) is 9.01. The lowest BCUT2D eigenvalue weighted by molar-refractivity contribution is 0.476. The molecule has 0 saturated heterocycles. The average Bonchev–Trinajstić information content (AvgIpc) is 3.27. The molecule has 3 aromatic rings. The molecule has 0 spiro atoms. The van der Waals surface area contributed by atoms with Crippen molar-refractivity contribution >= 4 is 29.9 Å². The fourth-order valence-electron chi connectivity index (χ4n) is 2.72. The van der Waals surface area contributed by atoms with E-state index < -0.39 is 0 Å². The first kappa shape index (κ1) is 21.9. The van der Waals surface area contributed by atoms with Crippen molar-refractivity contribution in [1.82, 2.24) is 34.8 Å². The summed E-state index contributed by atoms with van der Waals surface area (Å²) in [6, 6.07) is 10.1. The van der Waals surface area contributed by atoms with Gasteiger partial charge in [-0.05, 0) is 26.0 Å². The van der Waals surface area contributed by atoms with Gasteiger partial charge in [0, 0.05) is 38.9 Å². The Morgan fingerprint density at radius 2 is 1.96 bits per heavy atom. The van der Waals surface area contributed by atoms with Gasteiger partial charge in [-0.1, -0.05) is 18.2 Å². The maximum absolute atomic E-state index is 4.70. The predicted octanol–water partition coefficient (Wildman–Crippen LogP) is 2.52. The molecule has 0 bridgehead atoms. The van der Waals surface area contributed by atoms with Gasteiger partial charge in [0.2, 0.25) is 0 Å². The van der Waals surface area contributed by atoms with Crippen molar-refractivity contribution in [2.24, 2.45) is 12.0 Å². The van der Waals surface area contributed by atoms with E-state index in [1.54, 1.807) is 0 Å². The molecule has 0 radical (unpaired) electrons. The average molecular weight is 494 g/mol. The Labute approximate surface area is 182 Å². The number of guanidine groups is 1. The van der Waals surface area contributed by atoms with Crippen LogP contribution < -0.4 is 5.32 Å². The Hall–Kier alpha value is -2.43. The summed E-state index contributed by atoms with van der Waals surface area (Å²) < 4.78 is 3.84. The van der Waals surface area contributed by atoms with E-state index >= 15 is 0 Å². The molecule has 0 unspecified atom stereocenters. The van der Waals surface area contributed by atoms with E-state index in [2.05, 4.69) is 32.4 Å². The van der Waals surface area contributed by atoms with Crippen molar-refractivity contribution < 1.29 is 0 Å². The molecule has 1 N–H and O–H groups in total. The third kappa shape index (κ3) is 5.31. The third-order valence-corrected chi connectivity index (χ3v) is 4.33. The van der Waals surface area contributed by atoms with E-state index in [-0.39, 0.29) is 24.0 Å². The van der Waals surface area contributed by atoms with Crippen molar-refractivity contribution in [1.29, 1.82) is 0 Å². The zero-order valence-electron chi connectivity index (χ0n) is 16.7. The first-order chi connectivity index (χ1) is 13.1. The normalized spacial score (nSPS) is 11.2. The lowest BCUT2D eigenvalue weighted by Crippen LogP contribution is -2.38. The number of hydrogen-bond acceptors (Lipinski definition) is 4. The van der Waals surface area contributed by atoms with Gasteiger partial charge in [-0.15, -0.1) is 34.2 Å². The Balaban J connectivity index is 0.00000280. The molecule has 0 aliphatic carbocycles. The molecule has 8 nitrogen and oxygen atoms in total. The van der Waals surface area contributed by atoms with Crippen molar-refractivity contribution in [3.05, 3.63) is 59.9 Å². The molecule has 0 amide bonds. The second-order valence-corrected chi connectivity index (χ2v) is 6.38. The summed E-state index contributed by atoms with van der Waals surface area (Å²) in [7, 11) is 3.97. The smallest absolute Gasteiger partial charge is 0.194 e. The highest BCUT2D eigenvalue weighted by Crippen LogP contribution is 2.09. The summed E-state index contributed by atoms with van der Waals surface area (Å²) in [5.41, 5.74) is 2.16. The van der Waals surface area contributed by atoms with Crippen LogP contribution in [0, 0.1) is 6.92 Å². The number of aromatic nitrogens is 5. The SMILES string of the molecule is CCNC(=NCc1nnc(C)n1C)N(C)Cc1cnn(-c2ccccc2)c1.I. The molecule has 0 atom stereocenters. The summed E-state index contributed by atoms with van der Waals surface area (Å²) in [6.45, 7) is 5.97. The van der Waals surface area contributed by atoms with Crippen LogP contribution in [0.25, 0.3) is 5.69 Å². The van der Waals surface area contributed by atoms with E-state index in [4.69, 9.17) is 4.99 Å². The highest BCUT2D eigenvalue weighted by molar-refractivity contribution is 14.0. The predicted molar refractivity (Wildman–Crippen MR) is 121 cm³/mol. The summed E-state index contributed by atoms with van der Waals surface area (Å²) in [4.78, 5) is 6.78. The molecule has 0 saturated carbocycles. The first-order valence-corrected chi connectivity index (χ1v) is 9.01. The fourth-order valence-corrected chi connectivity index (χ4v) is 2.72. The van der Waals surface area contributed by atoms with E-state index in [0.29, 0.717) is 13.1 Å². The van der Waals surface area contributed by atoms with Gasteiger partial charge in [-0.2, -0.15) is 5.10 Å². The van der Waals surface area contributed by atoms with E-state index in [9.17, 15) is 0 Å². The molecule has 0 fully saturated rings. The van der Waals surface area contributed by atoms with Crippen LogP contribution in [0.3, 0.4) is 0 Å². The summed E-state index contributed by atoms with van der Waals surface area (Å²) in [5.74, 6) is 2.55. The quantitative estimate of drug-likeness (QED) is 0.324. The maximum Gasteiger partial charge on any atom is 0.194 e. The number of benzene rings is 1. The molecule has 28 heavy (non-hydrogen) atoms. The monoisotopic (exact) mass is 494 g/mol. The number of rotatable bonds is 6. The highest BCUT2D eigenvalue weighted by atomic mass is 127. The van der Waals surface area contributed by atoms with E-state index in [1.165, 1.54) is 0 Å². The minimum Gasteiger partial charge on any atom is -0.357 e. The number of aryl methyl sites for hydroxylation is 1. The largest absolute Gasteiger partial charge is 0.357 e. The van der Waals surface area contributed by atoms with Gasteiger partial charge in [-0.3, -0.25) is 0 Å². The summed E-state index contributed by atoms with van der Waals surface area (Å²) in [5, 5.41) is 16.0. The van der Waals surface area contributed by atoms with Crippen LogP contribution in [0.1, 0.15) is 24.1 Å². The number of nitrogens with one attached hydrogen (secondary N) is 1. The zero-order valence-corrected chi connectivity index (χ0v) is 19.0. The zero-order chi connectivity index (χ0) is 19.2. The van der Waals surface area contributed by atoms with Crippen LogP contribution in [0.2, 0.25) is 0 Å². The Kier molecular flexibility index (Phi) is 7.97. The van der Waals surface area contributed by atoms with Gasteiger partial charge < -0.3 is 14.8 Å². The van der Waals surface area contributed by atoms with Crippen molar-refractivity contribution in [2.45, 2.75) is 26.9 Å². The number of hydrogen-bond donors (Lipinski definition) is 1. The van der Waals surface area contributed by atoms with Crippen molar-refractivity contribution in [2.75, 3.05) is 13.6 Å². The summed E-state index contributed by atoms with van der Waals surface area (Å²) in [6.07, 6.45) is 3.93. The van der Waals surface area contributed by atoms with Crippen LogP contribution >= 0.6 is 24.0 Å². The number of nitrogens with zero attached hydrogens (tertiary/aromatic N) is 7. The fraction of sp³-hybridized carbons (Fsp3) is 0.368. The molecule has 150 valence electrons. The molecule has 1 aromatic carbocycles. The summed E-state index contributed by atoms with van der Waals surface area (Å²) >= 11 is 0. The highest BCUT2D eigenvalue weighted by Gasteiger charge is 2.10. The maximum atomic E-state index is 4.70. The topological polar surface area (TPSA) is 76.2 Å². The molecule has 2 aromatic heterocycles. The number of aliphatic imine (C=N–C) groups is 1. The van der Waals surface area contributed by atoms with Gasteiger partial charge in [0.15, 0.2) is 11.8 Å². The number of halogens is 1. The second kappa shape index (κ2) is 10.2. The van der Waals surface area contributed by atoms with E-state index in [0.717, 1.165) is 35.4 Å². The van der Waals surface area contributed by atoms with E-state index in [1.807, 2.05) is 73.0 Å². The molecule has 0 aliphatic rings. The lowest BCUT2D eigenvalue weighted by atomic mass is 10.3. The molecule has 2 heterocycles.